The van der Waals surface area contributed by atoms with E-state index in [4.69, 9.17) is 10.00 Å². The third kappa shape index (κ3) is 4.51. The SMILES string of the molecule is N#Cc1ccc(OCC(=O)NNC(=O)c2ccc(F)c(F)c2)cc1. The summed E-state index contributed by atoms with van der Waals surface area (Å²) in [6.07, 6.45) is 0. The van der Waals surface area contributed by atoms with E-state index in [9.17, 15) is 18.4 Å². The number of hydrogen-bond donors (Lipinski definition) is 2. The molecule has 2 amide bonds. The fraction of sp³-hybridized carbons (Fsp3) is 0.0625. The van der Waals surface area contributed by atoms with Gasteiger partial charge in [0.2, 0.25) is 0 Å². The van der Waals surface area contributed by atoms with Crippen molar-refractivity contribution in [1.29, 1.82) is 5.26 Å². The third-order valence-corrected chi connectivity index (χ3v) is 2.85. The summed E-state index contributed by atoms with van der Waals surface area (Å²) in [5.41, 5.74) is 4.42. The zero-order valence-electron chi connectivity index (χ0n) is 12.2. The smallest absolute Gasteiger partial charge is 0.276 e. The van der Waals surface area contributed by atoms with Crippen molar-refractivity contribution in [1.82, 2.24) is 10.9 Å². The summed E-state index contributed by atoms with van der Waals surface area (Å²) in [5.74, 6) is -3.34. The van der Waals surface area contributed by atoms with E-state index in [-0.39, 0.29) is 12.2 Å². The van der Waals surface area contributed by atoms with Crippen molar-refractivity contribution in [2.75, 3.05) is 6.61 Å². The third-order valence-electron chi connectivity index (χ3n) is 2.85. The zero-order valence-corrected chi connectivity index (χ0v) is 12.2. The minimum atomic E-state index is -1.17. The van der Waals surface area contributed by atoms with Crippen LogP contribution in [0.4, 0.5) is 8.78 Å². The zero-order chi connectivity index (χ0) is 17.5. The summed E-state index contributed by atoms with van der Waals surface area (Å²) in [5, 5.41) is 8.66. The lowest BCUT2D eigenvalue weighted by Gasteiger charge is -2.09. The number of carbonyl (C=O) groups is 2. The molecule has 0 bridgehead atoms. The van der Waals surface area contributed by atoms with E-state index >= 15 is 0 Å². The highest BCUT2D eigenvalue weighted by molar-refractivity contribution is 5.95. The Bertz CT molecular complexity index is 801. The number of benzene rings is 2. The van der Waals surface area contributed by atoms with E-state index in [0.717, 1.165) is 12.1 Å². The second-order valence-electron chi connectivity index (χ2n) is 4.56. The molecule has 0 aromatic heterocycles. The number of rotatable bonds is 4. The average molecular weight is 331 g/mol. The van der Waals surface area contributed by atoms with Gasteiger partial charge in [0.1, 0.15) is 5.75 Å². The molecule has 24 heavy (non-hydrogen) atoms. The molecule has 2 N–H and O–H groups in total. The predicted octanol–water partition coefficient (Wildman–Crippen LogP) is 1.68. The maximum absolute atomic E-state index is 13.0. The molecule has 0 radical (unpaired) electrons. The molecule has 2 rings (SSSR count). The Morgan fingerprint density at radius 1 is 1.04 bits per heavy atom. The number of hydrogen-bond acceptors (Lipinski definition) is 4. The van der Waals surface area contributed by atoms with Gasteiger partial charge in [0.25, 0.3) is 11.8 Å². The van der Waals surface area contributed by atoms with E-state index in [1.807, 2.05) is 11.5 Å². The molecule has 0 heterocycles. The Morgan fingerprint density at radius 2 is 1.75 bits per heavy atom. The molecule has 2 aromatic rings. The fourth-order valence-electron chi connectivity index (χ4n) is 1.65. The molecule has 0 aliphatic heterocycles. The summed E-state index contributed by atoms with van der Waals surface area (Å²) in [6.45, 7) is -0.385. The Labute approximate surface area is 135 Å². The van der Waals surface area contributed by atoms with Gasteiger partial charge in [-0.1, -0.05) is 0 Å². The number of nitrogens with one attached hydrogen (secondary N) is 2. The number of nitrogens with zero attached hydrogens (tertiary/aromatic N) is 1. The van der Waals surface area contributed by atoms with Crippen LogP contribution in [0.2, 0.25) is 0 Å². The van der Waals surface area contributed by atoms with Gasteiger partial charge in [-0.25, -0.2) is 8.78 Å². The molecule has 0 saturated carbocycles. The quantitative estimate of drug-likeness (QED) is 0.834. The average Bonchev–Trinajstić information content (AvgIpc) is 2.60. The van der Waals surface area contributed by atoms with Crippen molar-refractivity contribution in [3.63, 3.8) is 0 Å². The fourth-order valence-corrected chi connectivity index (χ4v) is 1.65. The molecule has 122 valence electrons. The van der Waals surface area contributed by atoms with E-state index in [1.54, 1.807) is 0 Å². The van der Waals surface area contributed by atoms with Crippen LogP contribution in [-0.2, 0) is 4.79 Å². The van der Waals surface area contributed by atoms with Crippen LogP contribution >= 0.6 is 0 Å². The molecular formula is C16H11F2N3O3. The maximum Gasteiger partial charge on any atom is 0.276 e. The van der Waals surface area contributed by atoms with Crippen molar-refractivity contribution in [2.45, 2.75) is 0 Å². The van der Waals surface area contributed by atoms with Gasteiger partial charge in [-0.2, -0.15) is 5.26 Å². The van der Waals surface area contributed by atoms with Crippen LogP contribution < -0.4 is 15.6 Å². The van der Waals surface area contributed by atoms with Crippen LogP contribution in [-0.4, -0.2) is 18.4 Å². The van der Waals surface area contributed by atoms with E-state index in [2.05, 4.69) is 5.43 Å². The van der Waals surface area contributed by atoms with Crippen molar-refractivity contribution in [3.8, 4) is 11.8 Å². The maximum atomic E-state index is 13.0. The highest BCUT2D eigenvalue weighted by Crippen LogP contribution is 2.11. The van der Waals surface area contributed by atoms with E-state index < -0.39 is 23.4 Å². The Balaban J connectivity index is 1.80. The summed E-state index contributed by atoms with van der Waals surface area (Å²) < 4.78 is 31.0. The number of hydrazine groups is 1. The summed E-state index contributed by atoms with van der Waals surface area (Å²) in [7, 11) is 0. The van der Waals surface area contributed by atoms with E-state index in [1.165, 1.54) is 24.3 Å². The summed E-state index contributed by atoms with van der Waals surface area (Å²) in [6, 6.07) is 10.6. The molecule has 0 aliphatic carbocycles. The molecule has 6 nitrogen and oxygen atoms in total. The molecule has 0 atom stereocenters. The number of halogens is 2. The number of nitriles is 1. The van der Waals surface area contributed by atoms with Crippen LogP contribution in [0.3, 0.4) is 0 Å². The lowest BCUT2D eigenvalue weighted by Crippen LogP contribution is -2.43. The first-order valence-electron chi connectivity index (χ1n) is 6.67. The molecule has 0 saturated heterocycles. The van der Waals surface area contributed by atoms with Gasteiger partial charge in [0.15, 0.2) is 18.2 Å². The van der Waals surface area contributed by atoms with Gasteiger partial charge < -0.3 is 4.74 Å². The number of amides is 2. The largest absolute Gasteiger partial charge is 0.484 e. The predicted molar refractivity (Wildman–Crippen MR) is 78.6 cm³/mol. The van der Waals surface area contributed by atoms with Gasteiger partial charge in [-0.3, -0.25) is 20.4 Å². The minimum absolute atomic E-state index is 0.151. The first kappa shape index (κ1) is 16.9. The van der Waals surface area contributed by atoms with Gasteiger partial charge in [0, 0.05) is 5.56 Å². The van der Waals surface area contributed by atoms with Crippen LogP contribution in [0.25, 0.3) is 0 Å². The first-order chi connectivity index (χ1) is 11.5. The second kappa shape index (κ2) is 7.69. The van der Waals surface area contributed by atoms with Crippen LogP contribution in [0.5, 0.6) is 5.75 Å². The molecule has 0 fully saturated rings. The van der Waals surface area contributed by atoms with Gasteiger partial charge in [-0.15, -0.1) is 0 Å². The Kier molecular flexibility index (Phi) is 5.41. The monoisotopic (exact) mass is 331 g/mol. The van der Waals surface area contributed by atoms with E-state index in [0.29, 0.717) is 17.4 Å². The first-order valence-corrected chi connectivity index (χ1v) is 6.67. The topological polar surface area (TPSA) is 91.2 Å². The minimum Gasteiger partial charge on any atom is -0.484 e. The van der Waals surface area contributed by atoms with Crippen molar-refractivity contribution < 1.29 is 23.1 Å². The van der Waals surface area contributed by atoms with Crippen LogP contribution in [0, 0.1) is 23.0 Å². The van der Waals surface area contributed by atoms with Gasteiger partial charge >= 0.3 is 0 Å². The van der Waals surface area contributed by atoms with Gasteiger partial charge in [0.05, 0.1) is 11.6 Å². The van der Waals surface area contributed by atoms with Gasteiger partial charge in [-0.05, 0) is 42.5 Å². The summed E-state index contributed by atoms with van der Waals surface area (Å²) >= 11 is 0. The molecule has 0 unspecified atom stereocenters. The summed E-state index contributed by atoms with van der Waals surface area (Å²) in [4.78, 5) is 23.2. The number of ether oxygens (including phenoxy) is 1. The number of carbonyl (C=O) groups excluding carboxylic acids is 2. The lowest BCUT2D eigenvalue weighted by molar-refractivity contribution is -0.123. The van der Waals surface area contributed by atoms with Crippen molar-refractivity contribution >= 4 is 11.8 Å². The standard InChI is InChI=1S/C16H11F2N3O3/c17-13-6-3-11(7-14(13)18)16(23)21-20-15(22)9-24-12-4-1-10(8-19)2-5-12/h1-7H,9H2,(H,20,22)(H,21,23). The molecule has 0 spiro atoms. The molecule has 0 aliphatic rings. The van der Waals surface area contributed by atoms with Crippen molar-refractivity contribution in [2.24, 2.45) is 0 Å². The van der Waals surface area contributed by atoms with Crippen molar-refractivity contribution in [3.05, 3.63) is 65.2 Å². The second-order valence-corrected chi connectivity index (χ2v) is 4.56. The molecular weight excluding hydrogens is 320 g/mol. The highest BCUT2D eigenvalue weighted by atomic mass is 19.2. The Hall–Kier alpha value is -3.47. The highest BCUT2D eigenvalue weighted by Gasteiger charge is 2.11. The van der Waals surface area contributed by atoms with Crippen LogP contribution in [0.1, 0.15) is 15.9 Å². The normalized spacial score (nSPS) is 9.71. The Morgan fingerprint density at radius 3 is 2.38 bits per heavy atom. The molecule has 8 heteroatoms. The van der Waals surface area contributed by atoms with Crippen LogP contribution in [0.15, 0.2) is 42.5 Å². The molecule has 2 aromatic carbocycles. The lowest BCUT2D eigenvalue weighted by atomic mass is 10.2.